The Morgan fingerprint density at radius 1 is 1.58 bits per heavy atom. The largest absolute Gasteiger partial charge is 0.296 e. The molecule has 6 heteroatoms. The molecule has 0 aliphatic carbocycles. The fourth-order valence-electron chi connectivity index (χ4n) is 0.741. The number of hydrogen-bond acceptors (Lipinski definition) is 3. The monoisotopic (exact) mass is 187 g/mol. The molecule has 0 atom stereocenters. The van der Waals surface area contributed by atoms with E-state index in [4.69, 9.17) is 5.14 Å². The van der Waals surface area contributed by atoms with Gasteiger partial charge in [0.15, 0.2) is 0 Å². The number of nitrogens with zero attached hydrogens (tertiary/aromatic N) is 1. The van der Waals surface area contributed by atoms with E-state index < -0.39 is 10.2 Å². The molecule has 12 heavy (non-hydrogen) atoms. The predicted octanol–water partition coefficient (Wildman–Crippen LogP) is 0.00542. The standard InChI is InChI=1S/C6H9N3O2S/c1-5-4-8-3-2-6(5)9-12(7,10)11/h2-4H,1H3,(H,8,9)(H2,7,10,11). The van der Waals surface area contributed by atoms with E-state index in [0.29, 0.717) is 5.69 Å². The Balaban J connectivity index is 2.98. The van der Waals surface area contributed by atoms with Gasteiger partial charge in [0.05, 0.1) is 5.69 Å². The molecule has 0 aliphatic heterocycles. The van der Waals surface area contributed by atoms with Gasteiger partial charge in [-0.25, -0.2) is 5.14 Å². The molecule has 0 radical (unpaired) electrons. The highest BCUT2D eigenvalue weighted by Gasteiger charge is 2.03. The van der Waals surface area contributed by atoms with Gasteiger partial charge in [-0.2, -0.15) is 8.42 Å². The van der Waals surface area contributed by atoms with Crippen LogP contribution in [0.15, 0.2) is 18.5 Å². The summed E-state index contributed by atoms with van der Waals surface area (Å²) in [5, 5.41) is 4.78. The van der Waals surface area contributed by atoms with Crippen LogP contribution < -0.4 is 9.86 Å². The van der Waals surface area contributed by atoms with Crippen molar-refractivity contribution in [3.05, 3.63) is 24.0 Å². The maximum atomic E-state index is 10.6. The van der Waals surface area contributed by atoms with Crippen molar-refractivity contribution >= 4 is 15.9 Å². The Labute approximate surface area is 70.8 Å². The summed E-state index contributed by atoms with van der Waals surface area (Å²) in [5.74, 6) is 0. The van der Waals surface area contributed by atoms with Crippen LogP contribution in [0.25, 0.3) is 0 Å². The van der Waals surface area contributed by atoms with E-state index in [2.05, 4.69) is 9.71 Å². The summed E-state index contributed by atoms with van der Waals surface area (Å²) in [4.78, 5) is 3.80. The van der Waals surface area contributed by atoms with Gasteiger partial charge in [-0.1, -0.05) is 0 Å². The highest BCUT2D eigenvalue weighted by atomic mass is 32.2. The van der Waals surface area contributed by atoms with Crippen LogP contribution in [0.4, 0.5) is 5.69 Å². The third kappa shape index (κ3) is 2.48. The topological polar surface area (TPSA) is 85.1 Å². The number of aromatic nitrogens is 1. The molecule has 1 rings (SSSR count). The molecule has 1 aromatic heterocycles. The molecule has 0 aromatic carbocycles. The zero-order chi connectivity index (χ0) is 9.19. The molecule has 0 aliphatic rings. The molecule has 0 unspecified atom stereocenters. The highest BCUT2D eigenvalue weighted by Crippen LogP contribution is 2.11. The molecule has 3 N–H and O–H groups in total. The highest BCUT2D eigenvalue weighted by molar-refractivity contribution is 7.90. The lowest BCUT2D eigenvalue weighted by molar-refractivity contribution is 0.603. The molecule has 0 saturated heterocycles. The Bertz CT molecular complexity index is 374. The van der Waals surface area contributed by atoms with Crippen molar-refractivity contribution in [1.82, 2.24) is 4.98 Å². The number of pyridine rings is 1. The van der Waals surface area contributed by atoms with Gasteiger partial charge in [0.1, 0.15) is 0 Å². The van der Waals surface area contributed by atoms with Gasteiger partial charge < -0.3 is 0 Å². The van der Waals surface area contributed by atoms with Crippen LogP contribution in [0.2, 0.25) is 0 Å². The van der Waals surface area contributed by atoms with Crippen LogP contribution >= 0.6 is 0 Å². The Morgan fingerprint density at radius 3 is 2.75 bits per heavy atom. The summed E-state index contributed by atoms with van der Waals surface area (Å²) >= 11 is 0. The number of nitrogens with two attached hydrogens (primary N) is 1. The smallest absolute Gasteiger partial charge is 0.271 e. The van der Waals surface area contributed by atoms with E-state index in [1.165, 1.54) is 6.20 Å². The van der Waals surface area contributed by atoms with Gasteiger partial charge >= 0.3 is 0 Å². The first-order valence-corrected chi connectivity index (χ1v) is 4.75. The molecule has 0 fully saturated rings. The SMILES string of the molecule is Cc1cnccc1NS(N)(=O)=O. The Kier molecular flexibility index (Phi) is 2.30. The zero-order valence-electron chi connectivity index (χ0n) is 6.48. The Hall–Kier alpha value is -1.14. The van der Waals surface area contributed by atoms with Crippen LogP contribution in [0, 0.1) is 6.92 Å². The van der Waals surface area contributed by atoms with Crippen molar-refractivity contribution in [2.24, 2.45) is 5.14 Å². The van der Waals surface area contributed by atoms with E-state index in [0.717, 1.165) is 5.56 Å². The molecular weight excluding hydrogens is 178 g/mol. The summed E-state index contributed by atoms with van der Waals surface area (Å²) in [6.07, 6.45) is 3.04. The van der Waals surface area contributed by atoms with Gasteiger partial charge in [0.25, 0.3) is 10.2 Å². The minimum Gasteiger partial charge on any atom is -0.271 e. The number of aryl methyl sites for hydroxylation is 1. The van der Waals surface area contributed by atoms with E-state index in [-0.39, 0.29) is 0 Å². The molecule has 0 amide bonds. The number of rotatable bonds is 2. The molecule has 1 heterocycles. The molecule has 66 valence electrons. The summed E-state index contributed by atoms with van der Waals surface area (Å²) in [6.45, 7) is 1.74. The van der Waals surface area contributed by atoms with E-state index >= 15 is 0 Å². The van der Waals surface area contributed by atoms with E-state index in [1.807, 2.05) is 0 Å². The summed E-state index contributed by atoms with van der Waals surface area (Å²) in [7, 11) is -3.68. The molecule has 0 bridgehead atoms. The molecule has 0 spiro atoms. The quantitative estimate of drug-likeness (QED) is 0.683. The predicted molar refractivity (Wildman–Crippen MR) is 45.7 cm³/mol. The fourth-order valence-corrected chi connectivity index (χ4v) is 1.28. The van der Waals surface area contributed by atoms with Crippen LogP contribution in [-0.2, 0) is 10.2 Å². The van der Waals surface area contributed by atoms with Gasteiger partial charge in [-0.3, -0.25) is 9.71 Å². The minimum absolute atomic E-state index is 0.451. The van der Waals surface area contributed by atoms with Crippen molar-refractivity contribution in [3.63, 3.8) is 0 Å². The summed E-state index contributed by atoms with van der Waals surface area (Å²) < 4.78 is 23.4. The third-order valence-electron chi connectivity index (χ3n) is 1.27. The van der Waals surface area contributed by atoms with Crippen molar-refractivity contribution in [3.8, 4) is 0 Å². The van der Waals surface area contributed by atoms with Gasteiger partial charge in [-0.15, -0.1) is 0 Å². The first-order valence-electron chi connectivity index (χ1n) is 3.20. The second-order valence-electron chi connectivity index (χ2n) is 2.34. The minimum atomic E-state index is -3.68. The molecule has 0 saturated carbocycles. The number of anilines is 1. The maximum Gasteiger partial charge on any atom is 0.296 e. The summed E-state index contributed by atoms with van der Waals surface area (Å²) in [6, 6.07) is 1.54. The molecule has 1 aromatic rings. The van der Waals surface area contributed by atoms with Crippen LogP contribution in [-0.4, -0.2) is 13.4 Å². The number of nitrogens with one attached hydrogen (secondary N) is 1. The first-order chi connectivity index (χ1) is 5.49. The first kappa shape index (κ1) is 8.95. The Morgan fingerprint density at radius 2 is 2.25 bits per heavy atom. The van der Waals surface area contributed by atoms with Gasteiger partial charge in [0.2, 0.25) is 0 Å². The second-order valence-corrected chi connectivity index (χ2v) is 3.63. The molecule has 5 nitrogen and oxygen atoms in total. The third-order valence-corrected chi connectivity index (χ3v) is 1.78. The maximum absolute atomic E-state index is 10.6. The van der Waals surface area contributed by atoms with E-state index in [1.54, 1.807) is 19.2 Å². The zero-order valence-corrected chi connectivity index (χ0v) is 7.30. The lowest BCUT2D eigenvalue weighted by atomic mass is 10.3. The van der Waals surface area contributed by atoms with Crippen molar-refractivity contribution in [2.75, 3.05) is 4.72 Å². The average molecular weight is 187 g/mol. The van der Waals surface area contributed by atoms with Crippen LogP contribution in [0.1, 0.15) is 5.56 Å². The van der Waals surface area contributed by atoms with Gasteiger partial charge in [0, 0.05) is 12.4 Å². The van der Waals surface area contributed by atoms with Crippen molar-refractivity contribution < 1.29 is 8.42 Å². The lowest BCUT2D eigenvalue weighted by Crippen LogP contribution is -2.22. The second kappa shape index (κ2) is 3.08. The summed E-state index contributed by atoms with van der Waals surface area (Å²) in [5.41, 5.74) is 1.18. The molecular formula is C6H9N3O2S. The normalized spacial score (nSPS) is 11.2. The van der Waals surface area contributed by atoms with Crippen molar-refractivity contribution in [2.45, 2.75) is 6.92 Å². The van der Waals surface area contributed by atoms with Crippen molar-refractivity contribution in [1.29, 1.82) is 0 Å². The lowest BCUT2D eigenvalue weighted by Gasteiger charge is -2.04. The number of hydrogen-bond donors (Lipinski definition) is 2. The fraction of sp³-hybridized carbons (Fsp3) is 0.167. The van der Waals surface area contributed by atoms with Gasteiger partial charge in [-0.05, 0) is 18.6 Å². The average Bonchev–Trinajstić information content (AvgIpc) is 1.91. The van der Waals surface area contributed by atoms with Crippen LogP contribution in [0.3, 0.4) is 0 Å². The van der Waals surface area contributed by atoms with E-state index in [9.17, 15) is 8.42 Å². The van der Waals surface area contributed by atoms with Crippen LogP contribution in [0.5, 0.6) is 0 Å².